The van der Waals surface area contributed by atoms with Crippen LogP contribution < -0.4 is 10.1 Å². The summed E-state index contributed by atoms with van der Waals surface area (Å²) in [5, 5.41) is 7.76. The van der Waals surface area contributed by atoms with Crippen LogP contribution in [-0.4, -0.2) is 34.4 Å². The van der Waals surface area contributed by atoms with E-state index in [2.05, 4.69) is 10.4 Å². The lowest BCUT2D eigenvalue weighted by Crippen LogP contribution is -2.31. The number of ether oxygens (including phenoxy) is 2. The van der Waals surface area contributed by atoms with Gasteiger partial charge in [0.25, 0.3) is 5.91 Å². The number of aromatic nitrogens is 2. The van der Waals surface area contributed by atoms with E-state index in [0.29, 0.717) is 29.3 Å². The van der Waals surface area contributed by atoms with Crippen LogP contribution in [0, 0.1) is 6.92 Å². The van der Waals surface area contributed by atoms with Crippen molar-refractivity contribution in [2.24, 2.45) is 0 Å². The van der Waals surface area contributed by atoms with E-state index in [0.717, 1.165) is 11.8 Å². The molecule has 3 aromatic rings. The zero-order valence-electron chi connectivity index (χ0n) is 17.9. The van der Waals surface area contributed by atoms with Crippen LogP contribution in [-0.2, 0) is 9.53 Å². The van der Waals surface area contributed by atoms with Crippen LogP contribution in [0.3, 0.4) is 0 Å². The third-order valence-electron chi connectivity index (χ3n) is 4.99. The van der Waals surface area contributed by atoms with Gasteiger partial charge in [-0.3, -0.25) is 4.79 Å². The highest BCUT2D eigenvalue weighted by atomic mass is 16.6. The molecule has 0 saturated carbocycles. The number of hydrogen-bond acceptors (Lipinski definition) is 6. The molecule has 8 nitrogen and oxygen atoms in total. The van der Waals surface area contributed by atoms with Crippen molar-refractivity contribution in [3.8, 4) is 5.75 Å². The smallest absolute Gasteiger partial charge is 0.375 e. The molecule has 0 saturated heterocycles. The summed E-state index contributed by atoms with van der Waals surface area (Å²) in [6.45, 7) is 9.77. The highest BCUT2D eigenvalue weighted by molar-refractivity contribution is 5.99. The maximum absolute atomic E-state index is 12.6. The van der Waals surface area contributed by atoms with Crippen molar-refractivity contribution in [1.82, 2.24) is 9.78 Å². The van der Waals surface area contributed by atoms with Crippen LogP contribution in [0.4, 0.5) is 5.82 Å². The minimum atomic E-state index is -1.01. The first-order valence-electron chi connectivity index (χ1n) is 10.1. The molecule has 8 heteroatoms. The maximum Gasteiger partial charge on any atom is 0.375 e. The van der Waals surface area contributed by atoms with E-state index >= 15 is 0 Å². The number of furan rings is 1. The van der Waals surface area contributed by atoms with E-state index in [1.54, 1.807) is 36.0 Å². The van der Waals surface area contributed by atoms with Gasteiger partial charge in [0, 0.05) is 17.0 Å². The SMILES string of the molecule is CCOc1ccc2oc(C(=O)O[C@@H](C)C(=O)Nc3ccnn3[C@H](C)CC)c(C)c2c1. The van der Waals surface area contributed by atoms with E-state index in [1.807, 2.05) is 26.8 Å². The molecule has 0 aliphatic carbocycles. The molecule has 0 unspecified atom stereocenters. The lowest BCUT2D eigenvalue weighted by molar-refractivity contribution is -0.123. The zero-order chi connectivity index (χ0) is 21.8. The third kappa shape index (κ3) is 4.32. The number of nitrogens with zero attached hydrogens (tertiary/aromatic N) is 2. The molecular formula is C22H27N3O5. The lowest BCUT2D eigenvalue weighted by atomic mass is 10.1. The molecule has 3 rings (SSSR count). The van der Waals surface area contributed by atoms with Crippen LogP contribution >= 0.6 is 0 Å². The number of benzene rings is 1. The van der Waals surface area contributed by atoms with Gasteiger partial charge in [-0.05, 0) is 52.3 Å². The fraction of sp³-hybridized carbons (Fsp3) is 0.409. The third-order valence-corrected chi connectivity index (χ3v) is 4.99. The summed E-state index contributed by atoms with van der Waals surface area (Å²) in [4.78, 5) is 25.2. The predicted molar refractivity (Wildman–Crippen MR) is 113 cm³/mol. The van der Waals surface area contributed by atoms with Crippen molar-refractivity contribution in [2.75, 3.05) is 11.9 Å². The number of anilines is 1. The second-order valence-corrected chi connectivity index (χ2v) is 7.10. The molecule has 2 atom stereocenters. The minimum Gasteiger partial charge on any atom is -0.494 e. The number of amides is 1. The Morgan fingerprint density at radius 2 is 2.00 bits per heavy atom. The molecule has 1 amide bonds. The summed E-state index contributed by atoms with van der Waals surface area (Å²) in [7, 11) is 0. The summed E-state index contributed by atoms with van der Waals surface area (Å²) in [6.07, 6.45) is 1.47. The predicted octanol–water partition coefficient (Wildman–Crippen LogP) is 4.49. The second kappa shape index (κ2) is 9.02. The van der Waals surface area contributed by atoms with Crippen LogP contribution in [0.1, 0.15) is 56.3 Å². The van der Waals surface area contributed by atoms with Gasteiger partial charge in [-0.1, -0.05) is 6.92 Å². The first-order valence-corrected chi connectivity index (χ1v) is 10.1. The number of carbonyl (C=O) groups excluding carboxylic acids is 2. The Bertz CT molecular complexity index is 1050. The largest absolute Gasteiger partial charge is 0.494 e. The van der Waals surface area contributed by atoms with E-state index in [-0.39, 0.29) is 11.8 Å². The monoisotopic (exact) mass is 413 g/mol. The summed E-state index contributed by atoms with van der Waals surface area (Å²) >= 11 is 0. The molecule has 0 aliphatic heterocycles. The Kier molecular flexibility index (Phi) is 6.44. The number of hydrogen-bond donors (Lipinski definition) is 1. The van der Waals surface area contributed by atoms with Crippen LogP contribution in [0.15, 0.2) is 34.9 Å². The molecule has 1 aromatic carbocycles. The van der Waals surface area contributed by atoms with E-state index in [9.17, 15) is 9.59 Å². The number of esters is 1. The quantitative estimate of drug-likeness (QED) is 0.547. The van der Waals surface area contributed by atoms with Crippen molar-refractivity contribution >= 4 is 28.7 Å². The molecule has 30 heavy (non-hydrogen) atoms. The molecule has 0 fully saturated rings. The van der Waals surface area contributed by atoms with E-state index in [1.165, 1.54) is 6.92 Å². The van der Waals surface area contributed by atoms with E-state index in [4.69, 9.17) is 13.9 Å². The maximum atomic E-state index is 12.6. The van der Waals surface area contributed by atoms with Gasteiger partial charge in [0.05, 0.1) is 18.8 Å². The number of rotatable bonds is 8. The molecule has 160 valence electrons. The minimum absolute atomic E-state index is 0.0722. The van der Waals surface area contributed by atoms with E-state index < -0.39 is 18.0 Å². The van der Waals surface area contributed by atoms with Gasteiger partial charge >= 0.3 is 5.97 Å². The second-order valence-electron chi connectivity index (χ2n) is 7.10. The van der Waals surface area contributed by atoms with Crippen LogP contribution in [0.5, 0.6) is 5.75 Å². The van der Waals surface area contributed by atoms with Crippen molar-refractivity contribution < 1.29 is 23.5 Å². The van der Waals surface area contributed by atoms with Crippen LogP contribution in [0.25, 0.3) is 11.0 Å². The zero-order valence-corrected chi connectivity index (χ0v) is 17.9. The van der Waals surface area contributed by atoms with Gasteiger partial charge < -0.3 is 19.2 Å². The Morgan fingerprint density at radius 3 is 2.70 bits per heavy atom. The van der Waals surface area contributed by atoms with Crippen molar-refractivity contribution in [3.63, 3.8) is 0 Å². The Hall–Kier alpha value is -3.29. The van der Waals surface area contributed by atoms with Crippen molar-refractivity contribution in [3.05, 3.63) is 41.8 Å². The first kappa shape index (κ1) is 21.4. The van der Waals surface area contributed by atoms with Gasteiger partial charge in [0.15, 0.2) is 6.10 Å². The lowest BCUT2D eigenvalue weighted by Gasteiger charge is -2.16. The first-order chi connectivity index (χ1) is 14.3. The van der Waals surface area contributed by atoms with Gasteiger partial charge in [-0.2, -0.15) is 5.10 Å². The summed E-state index contributed by atoms with van der Waals surface area (Å²) < 4.78 is 18.3. The van der Waals surface area contributed by atoms with Crippen LogP contribution in [0.2, 0.25) is 0 Å². The van der Waals surface area contributed by atoms with Crippen molar-refractivity contribution in [1.29, 1.82) is 0 Å². The summed E-state index contributed by atoms with van der Waals surface area (Å²) in [5.41, 5.74) is 1.19. The highest BCUT2D eigenvalue weighted by Crippen LogP contribution is 2.29. The average Bonchev–Trinajstić information content (AvgIpc) is 3.32. The Morgan fingerprint density at radius 1 is 1.23 bits per heavy atom. The topological polar surface area (TPSA) is 95.6 Å². The molecule has 0 spiro atoms. The highest BCUT2D eigenvalue weighted by Gasteiger charge is 2.25. The molecule has 1 N–H and O–H groups in total. The summed E-state index contributed by atoms with van der Waals surface area (Å²) in [6, 6.07) is 7.18. The normalized spacial score (nSPS) is 13.1. The standard InChI is InChI=1S/C22H27N3O5/c1-6-13(3)25-19(10-11-23-25)24-21(26)15(5)29-22(27)20-14(4)17-12-16(28-7-2)8-9-18(17)30-20/h8-13,15H,6-7H2,1-5H3,(H,24,26)/t13-,15+/m1/s1. The average molecular weight is 413 g/mol. The number of fused-ring (bicyclic) bond motifs is 1. The number of aryl methyl sites for hydroxylation is 1. The Balaban J connectivity index is 1.71. The van der Waals surface area contributed by atoms with Gasteiger partial charge in [0.1, 0.15) is 17.2 Å². The Labute approximate surface area is 175 Å². The molecule has 0 radical (unpaired) electrons. The number of carbonyl (C=O) groups is 2. The summed E-state index contributed by atoms with van der Waals surface area (Å²) in [5.74, 6) is 0.184. The molecular weight excluding hydrogens is 386 g/mol. The molecule has 2 heterocycles. The number of nitrogens with one attached hydrogen (secondary N) is 1. The van der Waals surface area contributed by atoms with Crippen molar-refractivity contribution in [2.45, 2.75) is 53.2 Å². The molecule has 0 bridgehead atoms. The molecule has 0 aliphatic rings. The fourth-order valence-corrected chi connectivity index (χ4v) is 3.08. The van der Waals surface area contributed by atoms with Gasteiger partial charge in [-0.15, -0.1) is 0 Å². The molecule has 2 aromatic heterocycles. The fourth-order valence-electron chi connectivity index (χ4n) is 3.08. The van der Waals surface area contributed by atoms with Gasteiger partial charge in [-0.25, -0.2) is 9.48 Å². The van der Waals surface area contributed by atoms with Gasteiger partial charge in [0.2, 0.25) is 5.76 Å².